The van der Waals surface area contributed by atoms with Crippen molar-refractivity contribution in [2.45, 2.75) is 20.4 Å². The number of ketones is 1. The molecule has 1 aromatic carbocycles. The second-order valence-electron chi connectivity index (χ2n) is 3.47. The predicted molar refractivity (Wildman–Crippen MR) is 59.8 cm³/mol. The molecule has 0 saturated carbocycles. The van der Waals surface area contributed by atoms with E-state index in [0.717, 1.165) is 17.6 Å². The van der Waals surface area contributed by atoms with Gasteiger partial charge >= 0.3 is 0 Å². The first-order valence-corrected chi connectivity index (χ1v) is 4.90. The molecule has 0 fully saturated rings. The zero-order valence-corrected chi connectivity index (χ0v) is 8.82. The molecule has 0 aliphatic rings. The van der Waals surface area contributed by atoms with Crippen molar-refractivity contribution in [2.24, 2.45) is 0 Å². The minimum Gasteiger partial charge on any atom is -0.369 e. The van der Waals surface area contributed by atoms with Gasteiger partial charge in [-0.25, -0.2) is 4.98 Å². The summed E-state index contributed by atoms with van der Waals surface area (Å²) >= 11 is 0. The molecule has 0 unspecified atom stereocenters. The minimum atomic E-state index is 0.0431. The van der Waals surface area contributed by atoms with Gasteiger partial charge in [-0.1, -0.05) is 0 Å². The molecule has 0 radical (unpaired) electrons. The van der Waals surface area contributed by atoms with Gasteiger partial charge in [-0.2, -0.15) is 0 Å². The number of carbonyl (C=O) groups is 1. The Labute approximate surface area is 87.7 Å². The Hall–Kier alpha value is -1.84. The van der Waals surface area contributed by atoms with Crippen molar-refractivity contribution in [3.63, 3.8) is 0 Å². The van der Waals surface area contributed by atoms with E-state index >= 15 is 0 Å². The topological polar surface area (TPSA) is 60.9 Å². The van der Waals surface area contributed by atoms with E-state index in [4.69, 9.17) is 5.73 Å². The fourth-order valence-corrected chi connectivity index (χ4v) is 1.70. The van der Waals surface area contributed by atoms with Crippen LogP contribution in [0.25, 0.3) is 11.0 Å². The summed E-state index contributed by atoms with van der Waals surface area (Å²) in [7, 11) is 0. The van der Waals surface area contributed by atoms with Crippen LogP contribution in [0.15, 0.2) is 18.2 Å². The summed E-state index contributed by atoms with van der Waals surface area (Å²) in [6, 6.07) is 5.47. The number of hydrogen-bond donors (Lipinski definition) is 1. The molecule has 15 heavy (non-hydrogen) atoms. The number of rotatable bonds is 2. The van der Waals surface area contributed by atoms with Crippen molar-refractivity contribution in [1.29, 1.82) is 0 Å². The van der Waals surface area contributed by atoms with Gasteiger partial charge in [0, 0.05) is 12.1 Å². The number of imidazole rings is 1. The van der Waals surface area contributed by atoms with Crippen LogP contribution >= 0.6 is 0 Å². The van der Waals surface area contributed by atoms with Gasteiger partial charge in [0.25, 0.3) is 0 Å². The molecule has 2 aromatic rings. The minimum absolute atomic E-state index is 0.0431. The Morgan fingerprint density at radius 3 is 2.87 bits per heavy atom. The molecular weight excluding hydrogens is 190 g/mol. The van der Waals surface area contributed by atoms with Crippen LogP contribution in [0.4, 0.5) is 5.95 Å². The summed E-state index contributed by atoms with van der Waals surface area (Å²) in [5.74, 6) is 0.537. The molecule has 4 nitrogen and oxygen atoms in total. The van der Waals surface area contributed by atoms with Gasteiger partial charge in [-0.3, -0.25) is 4.79 Å². The highest BCUT2D eigenvalue weighted by atomic mass is 16.1. The third kappa shape index (κ3) is 1.48. The van der Waals surface area contributed by atoms with Crippen molar-refractivity contribution in [2.75, 3.05) is 5.73 Å². The maximum atomic E-state index is 11.2. The number of Topliss-reactive ketones (excluding diaryl/α,β-unsaturated/α-hetero) is 1. The number of fused-ring (bicyclic) bond motifs is 1. The highest BCUT2D eigenvalue weighted by Crippen LogP contribution is 2.19. The summed E-state index contributed by atoms with van der Waals surface area (Å²) < 4.78 is 1.92. The first-order valence-electron chi connectivity index (χ1n) is 4.90. The molecule has 2 N–H and O–H groups in total. The van der Waals surface area contributed by atoms with Crippen molar-refractivity contribution in [1.82, 2.24) is 9.55 Å². The van der Waals surface area contributed by atoms with Crippen molar-refractivity contribution >= 4 is 22.8 Å². The fraction of sp³-hybridized carbons (Fsp3) is 0.273. The first-order chi connectivity index (χ1) is 7.13. The molecule has 78 valence electrons. The van der Waals surface area contributed by atoms with Gasteiger partial charge < -0.3 is 10.3 Å². The van der Waals surface area contributed by atoms with Gasteiger partial charge in [0.1, 0.15) is 0 Å². The predicted octanol–water partition coefficient (Wildman–Crippen LogP) is 1.84. The number of anilines is 1. The second kappa shape index (κ2) is 3.38. The molecule has 0 atom stereocenters. The molecule has 0 bridgehead atoms. The van der Waals surface area contributed by atoms with Gasteiger partial charge in [0.2, 0.25) is 5.95 Å². The highest BCUT2D eigenvalue weighted by molar-refractivity contribution is 5.97. The molecule has 1 aromatic heterocycles. The number of carbonyl (C=O) groups excluding carboxylic acids is 1. The van der Waals surface area contributed by atoms with E-state index in [1.165, 1.54) is 0 Å². The van der Waals surface area contributed by atoms with Crippen LogP contribution in [-0.2, 0) is 6.54 Å². The largest absolute Gasteiger partial charge is 0.369 e. The molecule has 1 heterocycles. The smallest absolute Gasteiger partial charge is 0.201 e. The van der Waals surface area contributed by atoms with Crippen molar-refractivity contribution in [3.8, 4) is 0 Å². The van der Waals surface area contributed by atoms with Crippen LogP contribution in [0.2, 0.25) is 0 Å². The summed E-state index contributed by atoms with van der Waals surface area (Å²) in [4.78, 5) is 15.4. The SMILES string of the molecule is CCn1c(N)nc2cc(C(C)=O)ccc21. The Kier molecular flexibility index (Phi) is 2.19. The molecule has 0 spiro atoms. The van der Waals surface area contributed by atoms with E-state index in [9.17, 15) is 4.79 Å². The highest BCUT2D eigenvalue weighted by Gasteiger charge is 2.08. The number of aromatic nitrogens is 2. The van der Waals surface area contributed by atoms with Crippen LogP contribution in [0.5, 0.6) is 0 Å². The lowest BCUT2D eigenvalue weighted by atomic mass is 10.1. The summed E-state index contributed by atoms with van der Waals surface area (Å²) in [5.41, 5.74) is 8.18. The van der Waals surface area contributed by atoms with E-state index < -0.39 is 0 Å². The number of nitrogens with two attached hydrogens (primary N) is 1. The van der Waals surface area contributed by atoms with E-state index in [1.54, 1.807) is 19.1 Å². The molecule has 0 saturated heterocycles. The van der Waals surface area contributed by atoms with Crippen LogP contribution in [0.1, 0.15) is 24.2 Å². The number of nitrogen functional groups attached to an aromatic ring is 1. The number of hydrogen-bond acceptors (Lipinski definition) is 3. The van der Waals surface area contributed by atoms with Gasteiger partial charge in [0.05, 0.1) is 11.0 Å². The lowest BCUT2D eigenvalue weighted by Crippen LogP contribution is -2.00. The maximum absolute atomic E-state index is 11.2. The third-order valence-corrected chi connectivity index (χ3v) is 2.50. The normalized spacial score (nSPS) is 10.8. The monoisotopic (exact) mass is 203 g/mol. The number of aryl methyl sites for hydroxylation is 1. The van der Waals surface area contributed by atoms with Crippen LogP contribution < -0.4 is 5.73 Å². The van der Waals surface area contributed by atoms with Crippen molar-refractivity contribution < 1.29 is 4.79 Å². The van der Waals surface area contributed by atoms with Crippen molar-refractivity contribution in [3.05, 3.63) is 23.8 Å². The van der Waals surface area contributed by atoms with Crippen LogP contribution in [0, 0.1) is 0 Å². The average molecular weight is 203 g/mol. The summed E-state index contributed by atoms with van der Waals surface area (Å²) in [6.45, 7) is 4.33. The van der Waals surface area contributed by atoms with E-state index in [1.807, 2.05) is 17.6 Å². The molecule has 0 aliphatic carbocycles. The maximum Gasteiger partial charge on any atom is 0.201 e. The van der Waals surface area contributed by atoms with Crippen LogP contribution in [-0.4, -0.2) is 15.3 Å². The average Bonchev–Trinajstić information content (AvgIpc) is 2.51. The summed E-state index contributed by atoms with van der Waals surface area (Å²) in [6.07, 6.45) is 0. The third-order valence-electron chi connectivity index (χ3n) is 2.50. The van der Waals surface area contributed by atoms with Crippen LogP contribution in [0.3, 0.4) is 0 Å². The van der Waals surface area contributed by atoms with E-state index in [0.29, 0.717) is 11.5 Å². The Balaban J connectivity index is 2.69. The number of benzene rings is 1. The van der Waals surface area contributed by atoms with E-state index in [2.05, 4.69) is 4.98 Å². The second-order valence-corrected chi connectivity index (χ2v) is 3.47. The lowest BCUT2D eigenvalue weighted by molar-refractivity contribution is 0.101. The quantitative estimate of drug-likeness (QED) is 0.757. The molecule has 0 aliphatic heterocycles. The Bertz CT molecular complexity index is 528. The summed E-state index contributed by atoms with van der Waals surface area (Å²) in [5, 5.41) is 0. The molecular formula is C11H13N3O. The zero-order chi connectivity index (χ0) is 11.0. The van der Waals surface area contributed by atoms with Gasteiger partial charge in [-0.15, -0.1) is 0 Å². The van der Waals surface area contributed by atoms with Gasteiger partial charge in [-0.05, 0) is 32.0 Å². The molecule has 2 rings (SSSR count). The Morgan fingerprint density at radius 2 is 2.27 bits per heavy atom. The standard InChI is InChI=1S/C11H13N3O/c1-3-14-10-5-4-8(7(2)15)6-9(10)13-11(14)12/h4-6H,3H2,1-2H3,(H2,12,13). The fourth-order valence-electron chi connectivity index (χ4n) is 1.70. The number of nitrogens with zero attached hydrogens (tertiary/aromatic N) is 2. The Morgan fingerprint density at radius 1 is 1.53 bits per heavy atom. The zero-order valence-electron chi connectivity index (χ0n) is 8.82. The lowest BCUT2D eigenvalue weighted by Gasteiger charge is -2.01. The molecule has 4 heteroatoms. The van der Waals surface area contributed by atoms with Gasteiger partial charge in [0.15, 0.2) is 5.78 Å². The first kappa shape index (κ1) is 9.71. The molecule has 0 amide bonds. The van der Waals surface area contributed by atoms with E-state index in [-0.39, 0.29) is 5.78 Å².